The number of carboxylic acids is 1. The number of nitrogens with zero attached hydrogens (tertiary/aromatic N) is 2. The maximum Gasteiger partial charge on any atom is 0.323 e. The van der Waals surface area contributed by atoms with Crippen molar-refractivity contribution in [2.75, 3.05) is 6.54 Å². The predicted octanol–water partition coefficient (Wildman–Crippen LogP) is 2.63. The second-order valence-electron chi connectivity index (χ2n) is 5.09. The summed E-state index contributed by atoms with van der Waals surface area (Å²) >= 11 is 5.95. The summed E-state index contributed by atoms with van der Waals surface area (Å²) in [5.41, 5.74) is 0.464. The van der Waals surface area contributed by atoms with Gasteiger partial charge in [-0.15, -0.1) is 0 Å². The molecule has 20 heavy (non-hydrogen) atoms. The number of aliphatic carboxylic acids is 1. The molecule has 0 unspecified atom stereocenters. The standard InChI is InChI=1S/C14H19ClN2O3/c1-2-16-8-10(15)7-12(16)14(20)17(9-13(18)19)11-5-3-4-6-11/h7-8,11H,2-6,9H2,1H3,(H,18,19). The summed E-state index contributed by atoms with van der Waals surface area (Å²) in [6.45, 7) is 2.29. The van der Waals surface area contributed by atoms with Crippen molar-refractivity contribution < 1.29 is 14.7 Å². The molecule has 1 aliphatic carbocycles. The van der Waals surface area contributed by atoms with E-state index in [1.54, 1.807) is 16.8 Å². The molecule has 5 nitrogen and oxygen atoms in total. The number of rotatable bonds is 5. The SMILES string of the molecule is CCn1cc(Cl)cc1C(=O)N(CC(=O)O)C1CCCC1. The van der Waals surface area contributed by atoms with Gasteiger partial charge in [-0.2, -0.15) is 0 Å². The predicted molar refractivity (Wildman–Crippen MR) is 76.0 cm³/mol. The van der Waals surface area contributed by atoms with Crippen LogP contribution in [0.3, 0.4) is 0 Å². The Morgan fingerprint density at radius 3 is 2.65 bits per heavy atom. The molecule has 0 aliphatic heterocycles. The molecule has 1 fully saturated rings. The van der Waals surface area contributed by atoms with Crippen LogP contribution in [0.2, 0.25) is 5.02 Å². The molecule has 1 heterocycles. The fourth-order valence-electron chi connectivity index (χ4n) is 2.79. The van der Waals surface area contributed by atoms with E-state index in [0.29, 0.717) is 17.3 Å². The zero-order valence-corrected chi connectivity index (χ0v) is 12.3. The van der Waals surface area contributed by atoms with Gasteiger partial charge < -0.3 is 14.6 Å². The van der Waals surface area contributed by atoms with E-state index < -0.39 is 5.97 Å². The van der Waals surface area contributed by atoms with Crippen molar-refractivity contribution in [3.05, 3.63) is 23.0 Å². The summed E-state index contributed by atoms with van der Waals surface area (Å²) in [5.74, 6) is -1.22. The molecule has 1 aromatic rings. The molecule has 1 aliphatic rings. The molecule has 1 amide bonds. The molecular formula is C14H19ClN2O3. The molecule has 110 valence electrons. The zero-order valence-electron chi connectivity index (χ0n) is 11.5. The van der Waals surface area contributed by atoms with E-state index in [1.165, 1.54) is 4.90 Å². The molecule has 1 N–H and O–H groups in total. The van der Waals surface area contributed by atoms with Crippen LogP contribution in [0.4, 0.5) is 0 Å². The van der Waals surface area contributed by atoms with Crippen molar-refractivity contribution >= 4 is 23.5 Å². The summed E-state index contributed by atoms with van der Waals surface area (Å²) in [6, 6.07) is 1.63. The summed E-state index contributed by atoms with van der Waals surface area (Å²) in [6.07, 6.45) is 5.54. The second-order valence-corrected chi connectivity index (χ2v) is 5.53. The normalized spacial score (nSPS) is 15.5. The molecular weight excluding hydrogens is 280 g/mol. The number of carbonyl (C=O) groups is 2. The Bertz CT molecular complexity index is 507. The first-order valence-corrected chi connectivity index (χ1v) is 7.29. The third-order valence-electron chi connectivity index (χ3n) is 3.75. The minimum absolute atomic E-state index is 0.0255. The van der Waals surface area contributed by atoms with Crippen LogP contribution in [0.1, 0.15) is 43.1 Å². The molecule has 2 rings (SSSR count). The lowest BCUT2D eigenvalue weighted by Gasteiger charge is -2.27. The maximum absolute atomic E-state index is 12.6. The zero-order chi connectivity index (χ0) is 14.7. The van der Waals surface area contributed by atoms with Crippen LogP contribution < -0.4 is 0 Å². The van der Waals surface area contributed by atoms with E-state index in [0.717, 1.165) is 25.7 Å². The van der Waals surface area contributed by atoms with Crippen molar-refractivity contribution in [1.82, 2.24) is 9.47 Å². The third-order valence-corrected chi connectivity index (χ3v) is 3.96. The van der Waals surface area contributed by atoms with Gasteiger partial charge >= 0.3 is 5.97 Å². The van der Waals surface area contributed by atoms with Crippen molar-refractivity contribution in [2.45, 2.75) is 45.2 Å². The lowest BCUT2D eigenvalue weighted by Crippen LogP contribution is -2.43. The number of halogens is 1. The fourth-order valence-corrected chi connectivity index (χ4v) is 3.01. The average molecular weight is 299 g/mol. The highest BCUT2D eigenvalue weighted by atomic mass is 35.5. The number of amides is 1. The number of hydrogen-bond acceptors (Lipinski definition) is 2. The highest BCUT2D eigenvalue weighted by Gasteiger charge is 2.30. The molecule has 0 atom stereocenters. The largest absolute Gasteiger partial charge is 0.480 e. The van der Waals surface area contributed by atoms with Crippen LogP contribution in [0, 0.1) is 0 Å². The van der Waals surface area contributed by atoms with Gasteiger partial charge in [0.2, 0.25) is 0 Å². The number of aromatic nitrogens is 1. The second kappa shape index (κ2) is 6.31. The van der Waals surface area contributed by atoms with Crippen LogP contribution >= 0.6 is 11.6 Å². The Morgan fingerprint density at radius 1 is 1.45 bits per heavy atom. The summed E-state index contributed by atoms with van der Waals surface area (Å²) < 4.78 is 1.76. The van der Waals surface area contributed by atoms with Gasteiger partial charge in [0, 0.05) is 18.8 Å². The quantitative estimate of drug-likeness (QED) is 0.909. The Labute approximate surface area is 123 Å². The summed E-state index contributed by atoms with van der Waals surface area (Å²) in [4.78, 5) is 25.2. The Balaban J connectivity index is 2.26. The molecule has 1 saturated carbocycles. The van der Waals surface area contributed by atoms with Crippen LogP contribution in [0.15, 0.2) is 12.3 Å². The van der Waals surface area contributed by atoms with Crippen LogP contribution in [0.25, 0.3) is 0 Å². The first-order valence-electron chi connectivity index (χ1n) is 6.91. The summed E-state index contributed by atoms with van der Waals surface area (Å²) in [5, 5.41) is 9.54. The topological polar surface area (TPSA) is 62.5 Å². The summed E-state index contributed by atoms with van der Waals surface area (Å²) in [7, 11) is 0. The van der Waals surface area contributed by atoms with Gasteiger partial charge in [-0.05, 0) is 25.8 Å². The monoisotopic (exact) mass is 298 g/mol. The van der Waals surface area contributed by atoms with Gasteiger partial charge in [0.25, 0.3) is 5.91 Å². The van der Waals surface area contributed by atoms with Gasteiger partial charge in [-0.25, -0.2) is 0 Å². The van der Waals surface area contributed by atoms with E-state index in [9.17, 15) is 9.59 Å². The first kappa shape index (κ1) is 14.9. The number of aryl methyl sites for hydroxylation is 1. The molecule has 6 heteroatoms. The van der Waals surface area contributed by atoms with E-state index in [4.69, 9.17) is 16.7 Å². The highest BCUT2D eigenvalue weighted by Crippen LogP contribution is 2.26. The highest BCUT2D eigenvalue weighted by molar-refractivity contribution is 6.31. The smallest absolute Gasteiger partial charge is 0.323 e. The van der Waals surface area contributed by atoms with Crippen molar-refractivity contribution in [1.29, 1.82) is 0 Å². The van der Waals surface area contributed by atoms with Gasteiger partial charge in [0.05, 0.1) is 5.02 Å². The van der Waals surface area contributed by atoms with Crippen molar-refractivity contribution in [3.8, 4) is 0 Å². The van der Waals surface area contributed by atoms with E-state index in [1.807, 2.05) is 6.92 Å². The van der Waals surface area contributed by atoms with Crippen molar-refractivity contribution in [2.24, 2.45) is 0 Å². The number of hydrogen-bond donors (Lipinski definition) is 1. The third kappa shape index (κ3) is 3.15. The van der Waals surface area contributed by atoms with Gasteiger partial charge in [-0.3, -0.25) is 9.59 Å². The van der Waals surface area contributed by atoms with Crippen LogP contribution in [-0.2, 0) is 11.3 Å². The lowest BCUT2D eigenvalue weighted by molar-refractivity contribution is -0.138. The van der Waals surface area contributed by atoms with Crippen LogP contribution in [-0.4, -0.2) is 39.0 Å². The number of carboxylic acid groups (broad SMARTS) is 1. The van der Waals surface area contributed by atoms with E-state index in [-0.39, 0.29) is 18.5 Å². The molecule has 0 bridgehead atoms. The van der Waals surface area contributed by atoms with Crippen molar-refractivity contribution in [3.63, 3.8) is 0 Å². The van der Waals surface area contributed by atoms with Gasteiger partial charge in [0.15, 0.2) is 0 Å². The first-order chi connectivity index (χ1) is 9.52. The van der Waals surface area contributed by atoms with Crippen LogP contribution in [0.5, 0.6) is 0 Å². The maximum atomic E-state index is 12.6. The lowest BCUT2D eigenvalue weighted by atomic mass is 10.2. The van der Waals surface area contributed by atoms with E-state index >= 15 is 0 Å². The Hall–Kier alpha value is -1.49. The molecule has 0 radical (unpaired) electrons. The molecule has 0 aromatic carbocycles. The Kier molecular flexibility index (Phi) is 4.70. The van der Waals surface area contributed by atoms with E-state index in [2.05, 4.69) is 0 Å². The molecule has 1 aromatic heterocycles. The van der Waals surface area contributed by atoms with Gasteiger partial charge in [0.1, 0.15) is 12.2 Å². The van der Waals surface area contributed by atoms with Gasteiger partial charge in [-0.1, -0.05) is 24.4 Å². The minimum Gasteiger partial charge on any atom is -0.480 e. The number of carbonyl (C=O) groups excluding carboxylic acids is 1. The average Bonchev–Trinajstić information content (AvgIpc) is 3.03. The molecule has 0 spiro atoms. The fraction of sp³-hybridized carbons (Fsp3) is 0.571. The molecule has 0 saturated heterocycles. The Morgan fingerprint density at radius 2 is 2.10 bits per heavy atom. The minimum atomic E-state index is -0.981.